The fourth-order valence-electron chi connectivity index (χ4n) is 2.99. The molecule has 1 fully saturated rings. The maximum Gasteiger partial charge on any atom is 0.0269 e. The Morgan fingerprint density at radius 3 is 1.87 bits per heavy atom. The van der Waals surface area contributed by atoms with E-state index in [9.17, 15) is 0 Å². The molecular formula is C13H28N2. The van der Waals surface area contributed by atoms with Crippen molar-refractivity contribution in [2.75, 3.05) is 6.54 Å². The first-order valence-corrected chi connectivity index (χ1v) is 6.43. The Hall–Kier alpha value is -0.0800. The summed E-state index contributed by atoms with van der Waals surface area (Å²) in [5.74, 6) is 3.84. The summed E-state index contributed by atoms with van der Waals surface area (Å²) < 4.78 is 0. The molecule has 0 aromatic heterocycles. The van der Waals surface area contributed by atoms with Crippen LogP contribution in [0.15, 0.2) is 0 Å². The Morgan fingerprint density at radius 1 is 0.867 bits per heavy atom. The molecule has 0 radical (unpaired) electrons. The smallest absolute Gasteiger partial charge is 0.0269 e. The Bertz CT molecular complexity index is 171. The second kappa shape index (κ2) is 5.31. The minimum atomic E-state index is 0.617. The van der Waals surface area contributed by atoms with E-state index < -0.39 is 0 Å². The zero-order chi connectivity index (χ0) is 11.6. The lowest BCUT2D eigenvalue weighted by molar-refractivity contribution is 0.0662. The van der Waals surface area contributed by atoms with Crippen molar-refractivity contribution < 1.29 is 0 Å². The van der Waals surface area contributed by atoms with E-state index in [0.29, 0.717) is 12.0 Å². The largest absolute Gasteiger partial charge is 0.257 e. The van der Waals surface area contributed by atoms with Crippen molar-refractivity contribution in [3.63, 3.8) is 0 Å². The second-order valence-corrected chi connectivity index (χ2v) is 6.02. The van der Waals surface area contributed by atoms with Crippen LogP contribution in [0.4, 0.5) is 0 Å². The van der Waals surface area contributed by atoms with Crippen LogP contribution in [-0.4, -0.2) is 12.6 Å². The van der Waals surface area contributed by atoms with E-state index in [4.69, 9.17) is 0 Å². The molecule has 0 amide bonds. The van der Waals surface area contributed by atoms with Gasteiger partial charge in [0.25, 0.3) is 0 Å². The highest BCUT2D eigenvalue weighted by molar-refractivity contribution is 4.90. The number of hydrogen-bond donors (Lipinski definition) is 2. The fraction of sp³-hybridized carbons (Fsp3) is 1.00. The van der Waals surface area contributed by atoms with Crippen LogP contribution in [0.2, 0.25) is 0 Å². The van der Waals surface area contributed by atoms with Gasteiger partial charge in [-0.15, -0.1) is 0 Å². The van der Waals surface area contributed by atoms with Gasteiger partial charge in [0.2, 0.25) is 0 Å². The van der Waals surface area contributed by atoms with E-state index >= 15 is 0 Å². The molecule has 0 spiro atoms. The molecule has 0 aromatic rings. The van der Waals surface area contributed by atoms with Crippen LogP contribution < -0.4 is 10.9 Å². The van der Waals surface area contributed by atoms with Gasteiger partial charge in [0.15, 0.2) is 0 Å². The monoisotopic (exact) mass is 212 g/mol. The fourth-order valence-corrected chi connectivity index (χ4v) is 2.99. The molecule has 1 saturated heterocycles. The summed E-state index contributed by atoms with van der Waals surface area (Å²) in [7, 11) is 0. The summed E-state index contributed by atoms with van der Waals surface area (Å²) in [5, 5.41) is 0. The molecule has 3 unspecified atom stereocenters. The lowest BCUT2D eigenvalue weighted by Gasteiger charge is -2.45. The highest BCUT2D eigenvalue weighted by Crippen LogP contribution is 2.34. The van der Waals surface area contributed by atoms with Gasteiger partial charge in [0.05, 0.1) is 0 Å². The molecule has 1 heterocycles. The van der Waals surface area contributed by atoms with E-state index in [-0.39, 0.29) is 0 Å². The summed E-state index contributed by atoms with van der Waals surface area (Å²) in [6.45, 7) is 15.2. The van der Waals surface area contributed by atoms with Crippen molar-refractivity contribution in [2.45, 2.75) is 47.6 Å². The van der Waals surface area contributed by atoms with Gasteiger partial charge in [0, 0.05) is 12.6 Å². The average molecular weight is 212 g/mol. The van der Waals surface area contributed by atoms with E-state index in [2.05, 4.69) is 52.4 Å². The van der Waals surface area contributed by atoms with Gasteiger partial charge in [-0.1, -0.05) is 41.5 Å². The number of hydrogen-bond acceptors (Lipinski definition) is 2. The molecule has 1 rings (SSSR count). The summed E-state index contributed by atoms with van der Waals surface area (Å²) in [5.41, 5.74) is 6.87. The molecule has 15 heavy (non-hydrogen) atoms. The van der Waals surface area contributed by atoms with Gasteiger partial charge in [0.1, 0.15) is 0 Å². The number of nitrogens with one attached hydrogen (secondary N) is 2. The maximum absolute atomic E-state index is 3.48. The zero-order valence-corrected chi connectivity index (χ0v) is 11.2. The van der Waals surface area contributed by atoms with E-state index in [1.165, 1.54) is 0 Å². The summed E-state index contributed by atoms with van der Waals surface area (Å²) in [6.07, 6.45) is 0. The van der Waals surface area contributed by atoms with Crippen molar-refractivity contribution in [1.82, 2.24) is 10.9 Å². The third kappa shape index (κ3) is 2.94. The van der Waals surface area contributed by atoms with Crippen LogP contribution in [0.25, 0.3) is 0 Å². The minimum absolute atomic E-state index is 0.617. The van der Waals surface area contributed by atoms with Crippen LogP contribution in [0.1, 0.15) is 41.5 Å². The van der Waals surface area contributed by atoms with Gasteiger partial charge in [-0.05, 0) is 29.6 Å². The summed E-state index contributed by atoms with van der Waals surface area (Å²) in [4.78, 5) is 0. The Morgan fingerprint density at radius 2 is 1.47 bits per heavy atom. The van der Waals surface area contributed by atoms with Gasteiger partial charge in [-0.3, -0.25) is 10.9 Å². The lowest BCUT2D eigenvalue weighted by atomic mass is 9.69. The van der Waals surface area contributed by atoms with Crippen LogP contribution in [-0.2, 0) is 0 Å². The molecule has 3 atom stereocenters. The highest BCUT2D eigenvalue weighted by Gasteiger charge is 2.37. The van der Waals surface area contributed by atoms with Crippen LogP contribution in [0, 0.1) is 29.6 Å². The van der Waals surface area contributed by atoms with Crippen LogP contribution in [0.3, 0.4) is 0 Å². The molecule has 2 nitrogen and oxygen atoms in total. The van der Waals surface area contributed by atoms with Gasteiger partial charge < -0.3 is 0 Å². The van der Waals surface area contributed by atoms with E-state index in [1.54, 1.807) is 0 Å². The molecule has 0 saturated carbocycles. The van der Waals surface area contributed by atoms with Gasteiger partial charge >= 0.3 is 0 Å². The average Bonchev–Trinajstić information content (AvgIpc) is 2.16. The number of rotatable bonds is 3. The SMILES string of the molecule is CC(C)C1CNNC(C(C)C)C1C(C)C. The summed E-state index contributed by atoms with van der Waals surface area (Å²) in [6, 6.07) is 0.617. The summed E-state index contributed by atoms with van der Waals surface area (Å²) >= 11 is 0. The molecule has 2 heteroatoms. The standard InChI is InChI=1S/C13H28N2/c1-8(2)11-7-14-15-13(10(5)6)12(11)9(3)4/h8-15H,7H2,1-6H3. The van der Waals surface area contributed by atoms with E-state index in [0.717, 1.165) is 30.2 Å². The van der Waals surface area contributed by atoms with Crippen molar-refractivity contribution in [2.24, 2.45) is 29.6 Å². The third-order valence-electron chi connectivity index (χ3n) is 3.86. The molecule has 0 aromatic carbocycles. The Kier molecular flexibility index (Phi) is 4.60. The van der Waals surface area contributed by atoms with Gasteiger partial charge in [-0.2, -0.15) is 0 Å². The van der Waals surface area contributed by atoms with Crippen molar-refractivity contribution >= 4 is 0 Å². The minimum Gasteiger partial charge on any atom is -0.257 e. The second-order valence-electron chi connectivity index (χ2n) is 6.02. The number of hydrazine groups is 1. The molecule has 1 aliphatic rings. The highest BCUT2D eigenvalue weighted by atomic mass is 15.4. The molecule has 0 aliphatic carbocycles. The van der Waals surface area contributed by atoms with Gasteiger partial charge in [-0.25, -0.2) is 0 Å². The Labute approximate surface area is 95.2 Å². The normalized spacial score (nSPS) is 33.0. The first-order valence-electron chi connectivity index (χ1n) is 6.43. The Balaban J connectivity index is 2.80. The first kappa shape index (κ1) is 13.0. The molecule has 2 N–H and O–H groups in total. The predicted octanol–water partition coefficient (Wildman–Crippen LogP) is 2.66. The maximum atomic E-state index is 3.48. The van der Waals surface area contributed by atoms with Crippen molar-refractivity contribution in [3.8, 4) is 0 Å². The van der Waals surface area contributed by atoms with Crippen LogP contribution >= 0.6 is 0 Å². The third-order valence-corrected chi connectivity index (χ3v) is 3.86. The predicted molar refractivity (Wildman–Crippen MR) is 66.4 cm³/mol. The topological polar surface area (TPSA) is 24.1 Å². The first-order chi connectivity index (χ1) is 6.95. The van der Waals surface area contributed by atoms with Crippen molar-refractivity contribution in [3.05, 3.63) is 0 Å². The lowest BCUT2D eigenvalue weighted by Crippen LogP contribution is -2.59. The quantitative estimate of drug-likeness (QED) is 0.751. The molecule has 90 valence electrons. The van der Waals surface area contributed by atoms with Crippen molar-refractivity contribution in [1.29, 1.82) is 0 Å². The van der Waals surface area contributed by atoms with Crippen LogP contribution in [0.5, 0.6) is 0 Å². The molecule has 1 aliphatic heterocycles. The molecular weight excluding hydrogens is 184 g/mol. The van der Waals surface area contributed by atoms with E-state index in [1.807, 2.05) is 0 Å². The zero-order valence-electron chi connectivity index (χ0n) is 11.2. The molecule has 0 bridgehead atoms.